The van der Waals surface area contributed by atoms with Crippen molar-refractivity contribution in [3.05, 3.63) is 34.9 Å². The second-order valence-electron chi connectivity index (χ2n) is 7.98. The lowest BCUT2D eigenvalue weighted by atomic mass is 9.88. The number of fused-ring (bicyclic) bond motifs is 1. The lowest BCUT2D eigenvalue weighted by Gasteiger charge is -2.32. The first-order valence-corrected chi connectivity index (χ1v) is 9.78. The first kappa shape index (κ1) is 19.9. The lowest BCUT2D eigenvalue weighted by molar-refractivity contribution is -0.148. The Morgan fingerprint density at radius 2 is 1.79 bits per heavy atom. The van der Waals surface area contributed by atoms with Gasteiger partial charge in [0.15, 0.2) is 0 Å². The molecule has 2 saturated heterocycles. The summed E-state index contributed by atoms with van der Waals surface area (Å²) in [6.07, 6.45) is -2.38. The van der Waals surface area contributed by atoms with Gasteiger partial charge in [-0.3, -0.25) is 24.6 Å². The first-order chi connectivity index (χ1) is 13.7. The molecule has 1 unspecified atom stereocenters. The Morgan fingerprint density at radius 3 is 2.45 bits per heavy atom. The van der Waals surface area contributed by atoms with Crippen LogP contribution < -0.4 is 5.32 Å². The van der Waals surface area contributed by atoms with Gasteiger partial charge in [-0.05, 0) is 55.5 Å². The number of nitrogens with zero attached hydrogens (tertiary/aromatic N) is 2. The number of alkyl halides is 3. The van der Waals surface area contributed by atoms with Gasteiger partial charge in [-0.25, -0.2) is 0 Å². The third-order valence-corrected chi connectivity index (χ3v) is 6.01. The fraction of sp³-hybridized carbons (Fsp3) is 0.550. The van der Waals surface area contributed by atoms with Gasteiger partial charge in [-0.2, -0.15) is 13.2 Å². The third kappa shape index (κ3) is 4.14. The van der Waals surface area contributed by atoms with Crippen LogP contribution in [0.25, 0.3) is 0 Å². The molecule has 4 rings (SSSR count). The van der Waals surface area contributed by atoms with Crippen LogP contribution in [0.3, 0.4) is 0 Å². The topological polar surface area (TPSA) is 69.7 Å². The molecule has 29 heavy (non-hydrogen) atoms. The summed E-state index contributed by atoms with van der Waals surface area (Å²) in [6.45, 7) is 0.214. The maximum Gasteiger partial charge on any atom is 0.401 e. The molecule has 0 aliphatic carbocycles. The quantitative estimate of drug-likeness (QED) is 0.777. The van der Waals surface area contributed by atoms with Gasteiger partial charge in [0, 0.05) is 18.5 Å². The number of rotatable bonds is 3. The molecule has 6 nitrogen and oxygen atoms in total. The number of nitrogens with one attached hydrogen (secondary N) is 1. The van der Waals surface area contributed by atoms with E-state index in [2.05, 4.69) is 5.32 Å². The van der Waals surface area contributed by atoms with Gasteiger partial charge >= 0.3 is 6.18 Å². The van der Waals surface area contributed by atoms with E-state index in [4.69, 9.17) is 0 Å². The number of benzene rings is 1. The maximum atomic E-state index is 12.7. The molecule has 1 atom stereocenters. The molecular weight excluding hydrogens is 387 g/mol. The molecular formula is C20H22F3N3O3. The highest BCUT2D eigenvalue weighted by molar-refractivity contribution is 6.05. The number of imide groups is 1. The largest absolute Gasteiger partial charge is 0.401 e. The number of carbonyl (C=O) groups excluding carboxylic acids is 3. The van der Waals surface area contributed by atoms with Crippen LogP contribution in [0.1, 0.15) is 53.1 Å². The predicted octanol–water partition coefficient (Wildman–Crippen LogP) is 2.19. The maximum absolute atomic E-state index is 12.7. The molecule has 3 heterocycles. The number of amides is 3. The summed E-state index contributed by atoms with van der Waals surface area (Å²) in [5, 5.41) is 2.28. The van der Waals surface area contributed by atoms with E-state index < -0.39 is 24.7 Å². The number of carbonyl (C=O) groups is 3. The van der Waals surface area contributed by atoms with Crippen LogP contribution in [-0.2, 0) is 16.1 Å². The standard InChI is InChI=1S/C20H22F3N3O3/c21-20(22,23)11-25-7-5-12(6-8-25)13-1-2-15-14(9-13)10-26(19(15)29)16-3-4-17(27)24-18(16)28/h1-2,9,12,16H,3-8,10-11H2,(H,24,27,28). The first-order valence-electron chi connectivity index (χ1n) is 9.78. The van der Waals surface area contributed by atoms with Crippen LogP contribution in [0.4, 0.5) is 13.2 Å². The van der Waals surface area contributed by atoms with Crippen molar-refractivity contribution in [1.82, 2.24) is 15.1 Å². The van der Waals surface area contributed by atoms with Crippen molar-refractivity contribution >= 4 is 17.7 Å². The Labute approximate surface area is 166 Å². The molecule has 0 aromatic heterocycles. The van der Waals surface area contributed by atoms with Gasteiger partial charge in [0.2, 0.25) is 11.8 Å². The van der Waals surface area contributed by atoms with Gasteiger partial charge in [-0.1, -0.05) is 12.1 Å². The minimum Gasteiger partial charge on any atom is -0.322 e. The number of likely N-dealkylation sites (tertiary alicyclic amines) is 1. The zero-order chi connectivity index (χ0) is 20.8. The average molecular weight is 409 g/mol. The molecule has 2 fully saturated rings. The summed E-state index contributed by atoms with van der Waals surface area (Å²) in [7, 11) is 0. The average Bonchev–Trinajstić information content (AvgIpc) is 2.97. The molecule has 9 heteroatoms. The van der Waals surface area contributed by atoms with E-state index in [0.29, 0.717) is 44.5 Å². The molecule has 1 aromatic carbocycles. The zero-order valence-corrected chi connectivity index (χ0v) is 15.8. The fourth-order valence-corrected chi connectivity index (χ4v) is 4.53. The predicted molar refractivity (Wildman–Crippen MR) is 97.0 cm³/mol. The van der Waals surface area contributed by atoms with Gasteiger partial charge < -0.3 is 4.90 Å². The molecule has 0 saturated carbocycles. The Balaban J connectivity index is 1.43. The van der Waals surface area contributed by atoms with Gasteiger partial charge in [0.1, 0.15) is 6.04 Å². The summed E-state index contributed by atoms with van der Waals surface area (Å²) in [5.41, 5.74) is 2.40. The molecule has 3 amide bonds. The molecule has 1 N–H and O–H groups in total. The van der Waals surface area contributed by atoms with E-state index in [1.807, 2.05) is 12.1 Å². The fourth-order valence-electron chi connectivity index (χ4n) is 4.53. The summed E-state index contributed by atoms with van der Waals surface area (Å²) in [6, 6.07) is 4.92. The zero-order valence-electron chi connectivity index (χ0n) is 15.8. The van der Waals surface area contributed by atoms with Crippen LogP contribution in [0, 0.1) is 0 Å². The van der Waals surface area contributed by atoms with Crippen molar-refractivity contribution in [2.24, 2.45) is 0 Å². The van der Waals surface area contributed by atoms with Crippen molar-refractivity contribution in [3.8, 4) is 0 Å². The number of piperidine rings is 2. The van der Waals surface area contributed by atoms with Gasteiger partial charge in [-0.15, -0.1) is 0 Å². The minimum absolute atomic E-state index is 0.157. The number of hydrogen-bond acceptors (Lipinski definition) is 4. The van der Waals surface area contributed by atoms with Crippen molar-refractivity contribution < 1.29 is 27.6 Å². The molecule has 0 spiro atoms. The molecule has 3 aliphatic heterocycles. The van der Waals surface area contributed by atoms with Crippen LogP contribution in [-0.4, -0.2) is 59.4 Å². The SMILES string of the molecule is O=C1CCC(N2Cc3cc(C4CCN(CC(F)(F)F)CC4)ccc3C2=O)C(=O)N1. The van der Waals surface area contributed by atoms with Crippen LogP contribution >= 0.6 is 0 Å². The number of hydrogen-bond donors (Lipinski definition) is 1. The minimum atomic E-state index is -4.18. The second kappa shape index (κ2) is 7.44. The summed E-state index contributed by atoms with van der Waals surface area (Å²) < 4.78 is 37.7. The summed E-state index contributed by atoms with van der Waals surface area (Å²) in [5.74, 6) is -0.834. The Morgan fingerprint density at radius 1 is 1.07 bits per heavy atom. The lowest BCUT2D eigenvalue weighted by Crippen LogP contribution is -2.52. The Hall–Kier alpha value is -2.42. The van der Waals surface area contributed by atoms with E-state index in [-0.39, 0.29) is 24.2 Å². The van der Waals surface area contributed by atoms with Crippen LogP contribution in [0.15, 0.2) is 18.2 Å². The van der Waals surface area contributed by atoms with Crippen LogP contribution in [0.5, 0.6) is 0 Å². The molecule has 0 bridgehead atoms. The molecule has 0 radical (unpaired) electrons. The van der Waals surface area contributed by atoms with Crippen molar-refractivity contribution in [2.75, 3.05) is 19.6 Å². The normalized spacial score (nSPS) is 24.0. The number of halogens is 3. The molecule has 3 aliphatic rings. The van der Waals surface area contributed by atoms with Crippen molar-refractivity contribution in [1.29, 1.82) is 0 Å². The monoisotopic (exact) mass is 409 g/mol. The Bertz CT molecular complexity index is 847. The highest BCUT2D eigenvalue weighted by Crippen LogP contribution is 2.34. The highest BCUT2D eigenvalue weighted by atomic mass is 19.4. The summed E-state index contributed by atoms with van der Waals surface area (Å²) >= 11 is 0. The van der Waals surface area contributed by atoms with E-state index in [9.17, 15) is 27.6 Å². The smallest absolute Gasteiger partial charge is 0.322 e. The van der Waals surface area contributed by atoms with Gasteiger partial charge in [0.05, 0.1) is 6.54 Å². The molecule has 156 valence electrons. The highest BCUT2D eigenvalue weighted by Gasteiger charge is 2.39. The van der Waals surface area contributed by atoms with E-state index in [0.717, 1.165) is 11.1 Å². The second-order valence-corrected chi connectivity index (χ2v) is 7.98. The van der Waals surface area contributed by atoms with Gasteiger partial charge in [0.25, 0.3) is 5.91 Å². The third-order valence-electron chi connectivity index (χ3n) is 6.01. The summed E-state index contributed by atoms with van der Waals surface area (Å²) in [4.78, 5) is 39.1. The molecule has 1 aromatic rings. The van der Waals surface area contributed by atoms with Crippen LogP contribution in [0.2, 0.25) is 0 Å². The van der Waals surface area contributed by atoms with E-state index in [1.54, 1.807) is 6.07 Å². The van der Waals surface area contributed by atoms with Crippen molar-refractivity contribution in [3.63, 3.8) is 0 Å². The van der Waals surface area contributed by atoms with Crippen molar-refractivity contribution in [2.45, 2.75) is 50.4 Å². The van der Waals surface area contributed by atoms with E-state index >= 15 is 0 Å². The Kier molecular flexibility index (Phi) is 5.10. The van der Waals surface area contributed by atoms with E-state index in [1.165, 1.54) is 9.80 Å².